The van der Waals surface area contributed by atoms with E-state index in [4.69, 9.17) is 9.47 Å². The summed E-state index contributed by atoms with van der Waals surface area (Å²) in [6.45, 7) is 8.05. The van der Waals surface area contributed by atoms with Crippen molar-refractivity contribution in [2.75, 3.05) is 20.6 Å². The average molecular weight is 553 g/mol. The van der Waals surface area contributed by atoms with E-state index in [2.05, 4.69) is 71.3 Å². The fraction of sp³-hybridized carbons (Fsp3) is 0.639. The van der Waals surface area contributed by atoms with Crippen LogP contribution >= 0.6 is 0 Å². The highest BCUT2D eigenvalue weighted by Gasteiger charge is 2.30. The largest absolute Gasteiger partial charge is 0.455 e. The molecule has 2 aromatic carbocycles. The van der Waals surface area contributed by atoms with Crippen LogP contribution in [0.5, 0.6) is 5.75 Å². The third-order valence-corrected chi connectivity index (χ3v) is 7.78. The van der Waals surface area contributed by atoms with Crippen molar-refractivity contribution < 1.29 is 18.8 Å². The fourth-order valence-corrected chi connectivity index (χ4v) is 5.42. The lowest BCUT2D eigenvalue weighted by Gasteiger charge is -2.33. The summed E-state index contributed by atoms with van der Waals surface area (Å²) in [6.07, 6.45) is 16.5. The normalized spacial score (nSPS) is 13.1. The van der Waals surface area contributed by atoms with Gasteiger partial charge in [-0.05, 0) is 43.4 Å². The topological polar surface area (TPSA) is 35.5 Å². The van der Waals surface area contributed by atoms with Gasteiger partial charge in [0.05, 0.1) is 20.6 Å². The Labute approximate surface area is 246 Å². The number of benzene rings is 2. The molecule has 0 aromatic heterocycles. The van der Waals surface area contributed by atoms with Gasteiger partial charge in [0.2, 0.25) is 6.29 Å². The first-order valence-corrected chi connectivity index (χ1v) is 16.2. The van der Waals surface area contributed by atoms with Gasteiger partial charge in [-0.2, -0.15) is 0 Å². The second-order valence-corrected chi connectivity index (χ2v) is 12.2. The highest BCUT2D eigenvalue weighted by molar-refractivity contribution is 5.72. The number of carbonyl (C=O) groups is 1. The summed E-state index contributed by atoms with van der Waals surface area (Å²) in [5.74, 6) is 0.453. The zero-order valence-corrected chi connectivity index (χ0v) is 26.3. The van der Waals surface area contributed by atoms with Crippen LogP contribution in [0.2, 0.25) is 0 Å². The number of nitrogens with zero attached hydrogens (tertiary/aromatic N) is 1. The van der Waals surface area contributed by atoms with Crippen molar-refractivity contribution in [1.82, 2.24) is 0 Å². The molecule has 0 saturated carbocycles. The highest BCUT2D eigenvalue weighted by atomic mass is 16.7. The van der Waals surface area contributed by atoms with Gasteiger partial charge < -0.3 is 14.0 Å². The number of rotatable bonds is 22. The molecule has 40 heavy (non-hydrogen) atoms. The number of hydrogen-bond acceptors (Lipinski definition) is 3. The summed E-state index contributed by atoms with van der Waals surface area (Å²) in [4.78, 5) is 13.2. The SMILES string of the molecule is CCCCCCCCCCCCc1ccc(OC(CCC)OC(=O)C(CC)C[N+](C)(C)Cc2ccccc2)cc1. The standard InChI is InChI=1S/C36H58NO3/c1-6-9-10-11-12-13-14-15-16-18-22-31-25-27-34(28-26-31)39-35(21-7-2)40-36(38)33(8-3)30-37(4,5)29-32-23-19-17-20-24-32/h17,19-20,23-28,33,35H,6-16,18,21-22,29-30H2,1-5H3/q+1. The van der Waals surface area contributed by atoms with Gasteiger partial charge in [-0.25, -0.2) is 0 Å². The molecule has 0 amide bonds. The molecule has 0 heterocycles. The van der Waals surface area contributed by atoms with E-state index in [-0.39, 0.29) is 11.9 Å². The first-order valence-electron chi connectivity index (χ1n) is 16.2. The van der Waals surface area contributed by atoms with Gasteiger partial charge in [-0.3, -0.25) is 4.79 Å². The first kappa shape index (κ1) is 33.9. The summed E-state index contributed by atoms with van der Waals surface area (Å²) in [5.41, 5.74) is 2.62. The van der Waals surface area contributed by atoms with E-state index in [1.807, 2.05) is 18.2 Å². The molecular weight excluding hydrogens is 494 g/mol. The van der Waals surface area contributed by atoms with Gasteiger partial charge in [-0.15, -0.1) is 0 Å². The molecule has 2 unspecified atom stereocenters. The first-order chi connectivity index (χ1) is 19.4. The molecule has 0 bridgehead atoms. The van der Waals surface area contributed by atoms with Crippen LogP contribution in [0.15, 0.2) is 54.6 Å². The van der Waals surface area contributed by atoms with Gasteiger partial charge in [0.15, 0.2) is 0 Å². The summed E-state index contributed by atoms with van der Waals surface area (Å²) in [7, 11) is 4.36. The molecule has 0 spiro atoms. The molecule has 0 aliphatic rings. The second kappa shape index (κ2) is 19.7. The van der Waals surface area contributed by atoms with Crippen LogP contribution in [0.4, 0.5) is 0 Å². The molecule has 2 atom stereocenters. The Balaban J connectivity index is 1.76. The van der Waals surface area contributed by atoms with E-state index < -0.39 is 6.29 Å². The number of quaternary nitrogens is 1. The Kier molecular flexibility index (Phi) is 16.7. The van der Waals surface area contributed by atoms with E-state index in [0.717, 1.165) is 42.6 Å². The van der Waals surface area contributed by atoms with Gasteiger partial charge >= 0.3 is 5.97 Å². The number of ether oxygens (including phenoxy) is 2. The third-order valence-electron chi connectivity index (χ3n) is 7.78. The molecule has 0 radical (unpaired) electrons. The third kappa shape index (κ3) is 14.3. The summed E-state index contributed by atoms with van der Waals surface area (Å²) < 4.78 is 12.8. The van der Waals surface area contributed by atoms with Crippen molar-refractivity contribution in [1.29, 1.82) is 0 Å². The lowest BCUT2D eigenvalue weighted by atomic mass is 10.0. The maximum atomic E-state index is 13.2. The average Bonchev–Trinajstić information content (AvgIpc) is 2.94. The number of hydrogen-bond donors (Lipinski definition) is 0. The van der Waals surface area contributed by atoms with E-state index in [0.29, 0.717) is 6.42 Å². The summed E-state index contributed by atoms with van der Waals surface area (Å²) in [5, 5.41) is 0. The molecule has 4 nitrogen and oxygen atoms in total. The van der Waals surface area contributed by atoms with E-state index in [1.54, 1.807) is 0 Å². The van der Waals surface area contributed by atoms with Crippen LogP contribution in [0.25, 0.3) is 0 Å². The van der Waals surface area contributed by atoms with Crippen LogP contribution in [0, 0.1) is 5.92 Å². The van der Waals surface area contributed by atoms with Crippen LogP contribution in [-0.4, -0.2) is 37.4 Å². The molecule has 0 saturated heterocycles. The van der Waals surface area contributed by atoms with Gasteiger partial charge in [0.25, 0.3) is 0 Å². The molecule has 0 aliphatic carbocycles. The van der Waals surface area contributed by atoms with Crippen LogP contribution in [-0.2, 0) is 22.5 Å². The molecule has 2 aromatic rings. The van der Waals surface area contributed by atoms with Crippen molar-refractivity contribution in [3.63, 3.8) is 0 Å². The lowest BCUT2D eigenvalue weighted by Crippen LogP contribution is -2.45. The number of carbonyl (C=O) groups excluding carboxylic acids is 1. The lowest BCUT2D eigenvalue weighted by molar-refractivity contribution is -0.906. The van der Waals surface area contributed by atoms with Crippen molar-refractivity contribution in [3.8, 4) is 5.75 Å². The van der Waals surface area contributed by atoms with E-state index >= 15 is 0 Å². The molecular formula is C36H58NO3+. The molecule has 2 rings (SSSR count). The van der Waals surface area contributed by atoms with Crippen molar-refractivity contribution in [3.05, 3.63) is 65.7 Å². The molecule has 0 fully saturated rings. The maximum Gasteiger partial charge on any atom is 0.317 e. The van der Waals surface area contributed by atoms with Crippen molar-refractivity contribution >= 4 is 5.97 Å². The minimum absolute atomic E-state index is 0.155. The van der Waals surface area contributed by atoms with Gasteiger partial charge in [0.1, 0.15) is 18.2 Å². The second-order valence-electron chi connectivity index (χ2n) is 12.2. The Bertz CT molecular complexity index is 909. The van der Waals surface area contributed by atoms with E-state index in [9.17, 15) is 4.79 Å². The summed E-state index contributed by atoms with van der Waals surface area (Å²) in [6, 6.07) is 18.8. The maximum absolute atomic E-state index is 13.2. The number of esters is 1. The van der Waals surface area contributed by atoms with Gasteiger partial charge in [-0.1, -0.05) is 121 Å². The molecule has 0 N–H and O–H groups in total. The van der Waals surface area contributed by atoms with Crippen molar-refractivity contribution in [2.24, 2.45) is 5.92 Å². The zero-order chi connectivity index (χ0) is 29.1. The monoisotopic (exact) mass is 552 g/mol. The predicted molar refractivity (Wildman–Crippen MR) is 168 cm³/mol. The molecule has 0 aliphatic heterocycles. The molecule has 224 valence electrons. The Morgan fingerprint density at radius 1 is 0.725 bits per heavy atom. The number of unbranched alkanes of at least 4 members (excludes halogenated alkanes) is 9. The van der Waals surface area contributed by atoms with Crippen LogP contribution < -0.4 is 4.74 Å². The predicted octanol–water partition coefficient (Wildman–Crippen LogP) is 9.50. The van der Waals surface area contributed by atoms with Crippen LogP contribution in [0.1, 0.15) is 115 Å². The fourth-order valence-electron chi connectivity index (χ4n) is 5.42. The van der Waals surface area contributed by atoms with Crippen LogP contribution in [0.3, 0.4) is 0 Å². The Morgan fingerprint density at radius 2 is 1.32 bits per heavy atom. The van der Waals surface area contributed by atoms with Gasteiger partial charge in [0, 0.05) is 12.0 Å². The highest BCUT2D eigenvalue weighted by Crippen LogP contribution is 2.21. The number of aryl methyl sites for hydroxylation is 1. The van der Waals surface area contributed by atoms with Crippen molar-refractivity contribution in [2.45, 2.75) is 123 Å². The van der Waals surface area contributed by atoms with E-state index in [1.165, 1.54) is 75.3 Å². The minimum atomic E-state index is -0.552. The Morgan fingerprint density at radius 3 is 1.90 bits per heavy atom. The zero-order valence-electron chi connectivity index (χ0n) is 26.3. The molecule has 4 heteroatoms. The minimum Gasteiger partial charge on any atom is -0.455 e. The smallest absolute Gasteiger partial charge is 0.317 e. The quantitative estimate of drug-likeness (QED) is 0.0631. The Hall–Kier alpha value is -2.33. The summed E-state index contributed by atoms with van der Waals surface area (Å²) >= 11 is 0.